The third kappa shape index (κ3) is 6.50. The largest absolute Gasteiger partial charge is 0.491 e. The fraction of sp³-hybridized carbons (Fsp3) is 0.240. The van der Waals surface area contributed by atoms with Gasteiger partial charge in [-0.15, -0.1) is 0 Å². The molecule has 184 valence electrons. The number of nitrogens with zero attached hydrogens (tertiary/aromatic N) is 1. The number of benzene rings is 3. The summed E-state index contributed by atoms with van der Waals surface area (Å²) in [6.45, 7) is 6.35. The molecule has 0 atom stereocenters. The maximum absolute atomic E-state index is 12.9. The van der Waals surface area contributed by atoms with Gasteiger partial charge in [0, 0.05) is 11.6 Å². The minimum Gasteiger partial charge on any atom is -0.491 e. The van der Waals surface area contributed by atoms with Gasteiger partial charge in [-0.25, -0.2) is 0 Å². The van der Waals surface area contributed by atoms with Gasteiger partial charge in [-0.3, -0.25) is 14.9 Å². The summed E-state index contributed by atoms with van der Waals surface area (Å²) in [4.78, 5) is 22.8. The second kappa shape index (κ2) is 10.5. The van der Waals surface area contributed by atoms with E-state index in [4.69, 9.17) is 9.47 Å². The van der Waals surface area contributed by atoms with Crippen LogP contribution in [0.4, 0.5) is 18.9 Å². The van der Waals surface area contributed by atoms with E-state index in [2.05, 4.69) is 5.32 Å². The molecule has 0 saturated heterocycles. The van der Waals surface area contributed by atoms with Crippen molar-refractivity contribution >= 4 is 11.6 Å². The van der Waals surface area contributed by atoms with Crippen LogP contribution in [0.25, 0.3) is 0 Å². The highest BCUT2D eigenvalue weighted by atomic mass is 19.4. The molecule has 7 nitrogen and oxygen atoms in total. The van der Waals surface area contributed by atoms with Crippen molar-refractivity contribution in [3.8, 4) is 17.2 Å². The molecule has 1 amide bonds. The van der Waals surface area contributed by atoms with Crippen molar-refractivity contribution in [2.24, 2.45) is 0 Å². The molecular weight excluding hydrogens is 465 g/mol. The Morgan fingerprint density at radius 3 is 2.34 bits per heavy atom. The Kier molecular flexibility index (Phi) is 7.63. The molecule has 3 rings (SSSR count). The molecule has 0 radical (unpaired) electrons. The molecule has 3 aromatic carbocycles. The van der Waals surface area contributed by atoms with E-state index in [9.17, 15) is 28.1 Å². The molecule has 0 aliphatic heterocycles. The Morgan fingerprint density at radius 2 is 1.71 bits per heavy atom. The highest BCUT2D eigenvalue weighted by Crippen LogP contribution is 2.38. The third-order valence-corrected chi connectivity index (χ3v) is 5.05. The Balaban J connectivity index is 1.65. The Morgan fingerprint density at radius 1 is 1.03 bits per heavy atom. The summed E-state index contributed by atoms with van der Waals surface area (Å²) in [5.41, 5.74) is 1.33. The van der Waals surface area contributed by atoms with Gasteiger partial charge in [0.2, 0.25) is 5.75 Å². The van der Waals surface area contributed by atoms with Crippen molar-refractivity contribution in [1.29, 1.82) is 0 Å². The van der Waals surface area contributed by atoms with E-state index in [1.54, 1.807) is 0 Å². The highest BCUT2D eigenvalue weighted by molar-refractivity contribution is 5.94. The topological polar surface area (TPSA) is 90.7 Å². The molecule has 0 aromatic heterocycles. The predicted molar refractivity (Wildman–Crippen MR) is 123 cm³/mol. The average Bonchev–Trinajstić information content (AvgIpc) is 2.77. The van der Waals surface area contributed by atoms with Crippen molar-refractivity contribution < 1.29 is 32.4 Å². The van der Waals surface area contributed by atoms with Crippen LogP contribution in [0.2, 0.25) is 0 Å². The number of halogens is 3. The number of nitrogens with one attached hydrogen (secondary N) is 1. The second-order valence-electron chi connectivity index (χ2n) is 7.90. The number of aryl methyl sites for hydroxylation is 3. The van der Waals surface area contributed by atoms with Crippen LogP contribution in [-0.2, 0) is 6.18 Å². The first-order chi connectivity index (χ1) is 16.5. The van der Waals surface area contributed by atoms with Crippen LogP contribution in [0, 0.1) is 30.9 Å². The smallest absolute Gasteiger partial charge is 0.416 e. The molecule has 0 fully saturated rings. The lowest BCUT2D eigenvalue weighted by atomic mass is 10.1. The number of carbonyl (C=O) groups is 1. The summed E-state index contributed by atoms with van der Waals surface area (Å²) < 4.78 is 49.9. The number of nitro benzene ring substituents is 1. The molecule has 35 heavy (non-hydrogen) atoms. The number of alkyl halides is 3. The molecule has 0 aliphatic carbocycles. The van der Waals surface area contributed by atoms with Crippen molar-refractivity contribution in [2.45, 2.75) is 26.9 Å². The molecule has 0 unspecified atom stereocenters. The van der Waals surface area contributed by atoms with Gasteiger partial charge >= 0.3 is 11.9 Å². The standard InChI is InChI=1S/C25H23F3N2O5/c1-15-11-16(2)23(17(3)12-15)34-10-9-29-24(31)18-5-4-6-20(13-18)35-22-8-7-19(25(26,27)28)14-21(22)30(32)33/h4-8,11-14H,9-10H2,1-3H3,(H,29,31). The van der Waals surface area contributed by atoms with E-state index < -0.39 is 28.3 Å². The van der Waals surface area contributed by atoms with Gasteiger partial charge in [0.05, 0.1) is 17.0 Å². The lowest BCUT2D eigenvalue weighted by molar-refractivity contribution is -0.385. The van der Waals surface area contributed by atoms with Crippen LogP contribution in [-0.4, -0.2) is 24.0 Å². The quantitative estimate of drug-likeness (QED) is 0.234. The van der Waals surface area contributed by atoms with Crippen molar-refractivity contribution in [2.75, 3.05) is 13.2 Å². The first-order valence-electron chi connectivity index (χ1n) is 10.6. The van der Waals surface area contributed by atoms with Crippen molar-refractivity contribution in [1.82, 2.24) is 5.32 Å². The van der Waals surface area contributed by atoms with Crippen LogP contribution in [0.3, 0.4) is 0 Å². The molecule has 0 spiro atoms. The van der Waals surface area contributed by atoms with Gasteiger partial charge in [0.25, 0.3) is 5.91 Å². The molecule has 0 heterocycles. The molecule has 0 bridgehead atoms. The number of rotatable bonds is 8. The lowest BCUT2D eigenvalue weighted by Crippen LogP contribution is -2.28. The molecule has 10 heteroatoms. The van der Waals surface area contributed by atoms with Gasteiger partial charge in [-0.2, -0.15) is 13.2 Å². The number of hydrogen-bond acceptors (Lipinski definition) is 5. The van der Waals surface area contributed by atoms with Crippen LogP contribution in [0.1, 0.15) is 32.6 Å². The molecular formula is C25H23F3N2O5. The molecule has 1 N–H and O–H groups in total. The predicted octanol–water partition coefficient (Wildman–Crippen LogP) is 6.14. The lowest BCUT2D eigenvalue weighted by Gasteiger charge is -2.14. The summed E-state index contributed by atoms with van der Waals surface area (Å²) in [7, 11) is 0. The Bertz CT molecular complexity index is 1240. The monoisotopic (exact) mass is 488 g/mol. The Hall–Kier alpha value is -4.08. The van der Waals surface area contributed by atoms with Crippen LogP contribution in [0.15, 0.2) is 54.6 Å². The van der Waals surface area contributed by atoms with E-state index in [1.807, 2.05) is 32.9 Å². The summed E-state index contributed by atoms with van der Waals surface area (Å²) in [5, 5.41) is 14.0. The summed E-state index contributed by atoms with van der Waals surface area (Å²) in [6, 6.07) is 11.8. The third-order valence-electron chi connectivity index (χ3n) is 5.05. The minimum absolute atomic E-state index is 0.0580. The maximum atomic E-state index is 12.9. The normalized spacial score (nSPS) is 11.1. The average molecular weight is 488 g/mol. The number of amides is 1. The van der Waals surface area contributed by atoms with Gasteiger partial charge in [-0.05, 0) is 62.2 Å². The zero-order valence-corrected chi connectivity index (χ0v) is 19.2. The van der Waals surface area contributed by atoms with Gasteiger partial charge in [0.15, 0.2) is 0 Å². The summed E-state index contributed by atoms with van der Waals surface area (Å²) >= 11 is 0. The molecule has 0 aliphatic rings. The maximum Gasteiger partial charge on any atom is 0.416 e. The first-order valence-corrected chi connectivity index (χ1v) is 10.6. The van der Waals surface area contributed by atoms with E-state index in [-0.39, 0.29) is 30.2 Å². The van der Waals surface area contributed by atoms with Crippen molar-refractivity contribution in [3.05, 3.63) is 92.5 Å². The van der Waals surface area contributed by atoms with Gasteiger partial charge < -0.3 is 14.8 Å². The number of carbonyl (C=O) groups excluding carboxylic acids is 1. The van der Waals surface area contributed by atoms with Crippen LogP contribution < -0.4 is 14.8 Å². The van der Waals surface area contributed by atoms with Crippen LogP contribution in [0.5, 0.6) is 17.2 Å². The second-order valence-corrected chi connectivity index (χ2v) is 7.90. The summed E-state index contributed by atoms with van der Waals surface area (Å²) in [6.07, 6.45) is -4.73. The van der Waals surface area contributed by atoms with E-state index in [1.165, 1.54) is 24.3 Å². The number of nitro groups is 1. The fourth-order valence-corrected chi connectivity index (χ4v) is 3.56. The van der Waals surface area contributed by atoms with E-state index in [0.717, 1.165) is 28.5 Å². The highest BCUT2D eigenvalue weighted by Gasteiger charge is 2.33. The van der Waals surface area contributed by atoms with Crippen molar-refractivity contribution in [3.63, 3.8) is 0 Å². The zero-order chi connectivity index (χ0) is 25.8. The van der Waals surface area contributed by atoms with E-state index in [0.29, 0.717) is 12.1 Å². The zero-order valence-electron chi connectivity index (χ0n) is 19.2. The Labute approximate surface area is 199 Å². The minimum atomic E-state index is -4.73. The molecule has 3 aromatic rings. The molecule has 0 saturated carbocycles. The summed E-state index contributed by atoms with van der Waals surface area (Å²) in [5.74, 6) is 0.0113. The van der Waals surface area contributed by atoms with E-state index >= 15 is 0 Å². The van der Waals surface area contributed by atoms with Gasteiger partial charge in [-0.1, -0.05) is 23.8 Å². The number of ether oxygens (including phenoxy) is 2. The number of hydrogen-bond donors (Lipinski definition) is 1. The van der Waals surface area contributed by atoms with Gasteiger partial charge in [0.1, 0.15) is 18.1 Å². The first kappa shape index (κ1) is 25.5. The van der Waals surface area contributed by atoms with Crippen LogP contribution >= 0.6 is 0 Å². The fourth-order valence-electron chi connectivity index (χ4n) is 3.56. The SMILES string of the molecule is Cc1cc(C)c(OCCNC(=O)c2cccc(Oc3ccc(C(F)(F)F)cc3[N+](=O)[O-])c2)c(C)c1.